The summed E-state index contributed by atoms with van der Waals surface area (Å²) >= 11 is 11.4. The van der Waals surface area contributed by atoms with Crippen LogP contribution in [0.25, 0.3) is 0 Å². The smallest absolute Gasteiger partial charge is 0.244 e. The molecule has 112 valence electrons. The second kappa shape index (κ2) is 5.77. The normalized spacial score (nSPS) is 24.9. The van der Waals surface area contributed by atoms with Gasteiger partial charge in [0.25, 0.3) is 0 Å². The van der Waals surface area contributed by atoms with E-state index in [-0.39, 0.29) is 21.9 Å². The molecule has 2 atom stereocenters. The van der Waals surface area contributed by atoms with E-state index in [1.165, 1.54) is 16.4 Å². The van der Waals surface area contributed by atoms with E-state index in [2.05, 4.69) is 0 Å². The van der Waals surface area contributed by atoms with E-state index in [0.29, 0.717) is 19.5 Å². The Morgan fingerprint density at radius 2 is 2.05 bits per heavy atom. The Morgan fingerprint density at radius 3 is 2.65 bits per heavy atom. The third kappa shape index (κ3) is 2.80. The second-order valence-corrected chi connectivity index (χ2v) is 7.66. The van der Waals surface area contributed by atoms with Crippen molar-refractivity contribution < 1.29 is 12.8 Å². The lowest BCUT2D eigenvalue weighted by molar-refractivity contribution is 0.250. The molecule has 1 heterocycles. The van der Waals surface area contributed by atoms with Crippen LogP contribution < -0.4 is 5.73 Å². The van der Waals surface area contributed by atoms with Gasteiger partial charge >= 0.3 is 0 Å². The van der Waals surface area contributed by atoms with Crippen molar-refractivity contribution in [1.82, 2.24) is 4.31 Å². The third-order valence-corrected chi connectivity index (χ3v) is 6.23. The maximum atomic E-state index is 13.7. The first-order valence-electron chi connectivity index (χ1n) is 6.14. The van der Waals surface area contributed by atoms with Gasteiger partial charge in [0.1, 0.15) is 4.90 Å². The lowest BCUT2D eigenvalue weighted by Crippen LogP contribution is -2.48. The monoisotopic (exact) mass is 340 g/mol. The first-order valence-corrected chi connectivity index (χ1v) is 8.34. The van der Waals surface area contributed by atoms with Crippen LogP contribution in [-0.4, -0.2) is 31.9 Å². The summed E-state index contributed by atoms with van der Waals surface area (Å²) in [5, 5.41) is -0.678. The molecule has 2 unspecified atom stereocenters. The molecule has 1 fully saturated rings. The van der Waals surface area contributed by atoms with Gasteiger partial charge in [-0.15, -0.1) is 0 Å². The highest BCUT2D eigenvalue weighted by atomic mass is 35.5. The van der Waals surface area contributed by atoms with Gasteiger partial charge in [-0.25, -0.2) is 12.8 Å². The zero-order chi connectivity index (χ0) is 15.1. The van der Waals surface area contributed by atoms with Crippen molar-refractivity contribution in [2.45, 2.75) is 24.3 Å². The highest BCUT2D eigenvalue weighted by Crippen LogP contribution is 2.32. The second-order valence-electron chi connectivity index (χ2n) is 4.97. The van der Waals surface area contributed by atoms with Gasteiger partial charge in [0.05, 0.1) is 10.0 Å². The van der Waals surface area contributed by atoms with Crippen molar-refractivity contribution in [3.05, 3.63) is 28.0 Å². The van der Waals surface area contributed by atoms with E-state index in [9.17, 15) is 12.8 Å². The SMILES string of the molecule is CC1CN(S(=O)(=O)c2ccc(Cl)c(F)c2Cl)CCC1N. The number of nitrogens with zero attached hydrogens (tertiary/aromatic N) is 1. The number of rotatable bonds is 2. The molecule has 0 aliphatic carbocycles. The summed E-state index contributed by atoms with van der Waals surface area (Å²) in [6, 6.07) is 2.38. The molecule has 20 heavy (non-hydrogen) atoms. The number of sulfonamides is 1. The molecule has 1 saturated heterocycles. The van der Waals surface area contributed by atoms with Crippen LogP contribution in [-0.2, 0) is 10.0 Å². The Hall–Kier alpha value is -0.400. The molecule has 8 heteroatoms. The molecule has 2 N–H and O–H groups in total. The summed E-state index contributed by atoms with van der Waals surface area (Å²) in [4.78, 5) is -0.260. The van der Waals surface area contributed by atoms with E-state index >= 15 is 0 Å². The highest BCUT2D eigenvalue weighted by Gasteiger charge is 2.34. The van der Waals surface area contributed by atoms with E-state index < -0.39 is 20.9 Å². The molecule has 4 nitrogen and oxygen atoms in total. The molecular weight excluding hydrogens is 326 g/mol. The first kappa shape index (κ1) is 16.0. The molecule has 1 aromatic rings. The summed E-state index contributed by atoms with van der Waals surface area (Å²) in [6.07, 6.45) is 0.564. The van der Waals surface area contributed by atoms with E-state index in [1.54, 1.807) is 0 Å². The highest BCUT2D eigenvalue weighted by molar-refractivity contribution is 7.89. The standard InChI is InChI=1S/C12H15Cl2FN2O2S/c1-7-6-17(5-4-9(7)16)20(18,19)10-3-2-8(13)12(15)11(10)14/h2-3,7,9H,4-6,16H2,1H3. The molecule has 0 bridgehead atoms. The van der Waals surface area contributed by atoms with Crippen LogP contribution in [0.15, 0.2) is 17.0 Å². The number of halogens is 3. The van der Waals surface area contributed by atoms with Crippen LogP contribution in [0.4, 0.5) is 4.39 Å². The largest absolute Gasteiger partial charge is 0.327 e. The summed E-state index contributed by atoms with van der Waals surface area (Å²) in [5.41, 5.74) is 5.87. The van der Waals surface area contributed by atoms with Gasteiger partial charge in [-0.05, 0) is 24.5 Å². The fraction of sp³-hybridized carbons (Fsp3) is 0.500. The third-order valence-electron chi connectivity index (χ3n) is 3.55. The van der Waals surface area contributed by atoms with Crippen molar-refractivity contribution in [2.75, 3.05) is 13.1 Å². The lowest BCUT2D eigenvalue weighted by Gasteiger charge is -2.34. The Balaban J connectivity index is 2.39. The van der Waals surface area contributed by atoms with Crippen molar-refractivity contribution in [3.63, 3.8) is 0 Å². The van der Waals surface area contributed by atoms with E-state index in [4.69, 9.17) is 28.9 Å². The van der Waals surface area contributed by atoms with Crippen molar-refractivity contribution in [3.8, 4) is 0 Å². The van der Waals surface area contributed by atoms with E-state index in [1.807, 2.05) is 6.92 Å². The number of benzene rings is 1. The number of nitrogens with two attached hydrogens (primary N) is 1. The van der Waals surface area contributed by atoms with Gasteiger partial charge in [-0.1, -0.05) is 30.1 Å². The molecule has 0 saturated carbocycles. The average molecular weight is 341 g/mol. The molecule has 1 aliphatic rings. The van der Waals surface area contributed by atoms with Gasteiger partial charge in [-0.2, -0.15) is 4.31 Å². The maximum absolute atomic E-state index is 13.7. The zero-order valence-corrected chi connectivity index (χ0v) is 13.1. The van der Waals surface area contributed by atoms with Gasteiger partial charge in [0.2, 0.25) is 10.0 Å². The van der Waals surface area contributed by atoms with Crippen LogP contribution in [0.1, 0.15) is 13.3 Å². The molecule has 2 rings (SSSR count). The molecule has 0 spiro atoms. The summed E-state index contributed by atoms with van der Waals surface area (Å²) < 4.78 is 40.0. The maximum Gasteiger partial charge on any atom is 0.244 e. The zero-order valence-electron chi connectivity index (χ0n) is 10.8. The Labute approximate surface area is 127 Å². The minimum Gasteiger partial charge on any atom is -0.327 e. The Morgan fingerprint density at radius 1 is 1.40 bits per heavy atom. The first-order chi connectivity index (χ1) is 9.25. The number of hydrogen-bond acceptors (Lipinski definition) is 3. The number of hydrogen-bond donors (Lipinski definition) is 1. The predicted molar refractivity (Wildman–Crippen MR) is 76.9 cm³/mol. The van der Waals surface area contributed by atoms with Crippen molar-refractivity contribution in [1.29, 1.82) is 0 Å². The Kier molecular flexibility index (Phi) is 4.61. The summed E-state index contributed by atoms with van der Waals surface area (Å²) in [5.74, 6) is -0.884. The summed E-state index contributed by atoms with van der Waals surface area (Å²) in [6.45, 7) is 2.48. The Bertz CT molecular complexity index is 624. The molecular formula is C12H15Cl2FN2O2S. The molecule has 1 aromatic carbocycles. The minimum atomic E-state index is -3.84. The van der Waals surface area contributed by atoms with Gasteiger partial charge in [-0.3, -0.25) is 0 Å². The fourth-order valence-corrected chi connectivity index (χ4v) is 4.46. The van der Waals surface area contributed by atoms with E-state index in [0.717, 1.165) is 0 Å². The predicted octanol–water partition coefficient (Wildman–Crippen LogP) is 2.49. The summed E-state index contributed by atoms with van der Waals surface area (Å²) in [7, 11) is -3.84. The van der Waals surface area contributed by atoms with Crippen LogP contribution in [0.3, 0.4) is 0 Å². The minimum absolute atomic E-state index is 0.0288. The lowest BCUT2D eigenvalue weighted by atomic mass is 9.96. The quantitative estimate of drug-likeness (QED) is 0.841. The van der Waals surface area contributed by atoms with Crippen molar-refractivity contribution >= 4 is 33.2 Å². The molecule has 1 aliphatic heterocycles. The molecule has 0 aromatic heterocycles. The van der Waals surface area contributed by atoms with Crippen molar-refractivity contribution in [2.24, 2.45) is 11.7 Å². The van der Waals surface area contributed by atoms with Crippen LogP contribution >= 0.6 is 23.2 Å². The van der Waals surface area contributed by atoms with Gasteiger partial charge < -0.3 is 5.73 Å². The molecule has 0 amide bonds. The van der Waals surface area contributed by atoms with Gasteiger partial charge in [0.15, 0.2) is 5.82 Å². The number of piperidine rings is 1. The van der Waals surface area contributed by atoms with Gasteiger partial charge in [0, 0.05) is 19.1 Å². The topological polar surface area (TPSA) is 63.4 Å². The van der Waals surface area contributed by atoms with Crippen LogP contribution in [0.5, 0.6) is 0 Å². The fourth-order valence-electron chi connectivity index (χ4n) is 2.19. The van der Waals surface area contributed by atoms with Crippen LogP contribution in [0.2, 0.25) is 10.0 Å². The molecule has 0 radical (unpaired) electrons. The van der Waals surface area contributed by atoms with Crippen LogP contribution in [0, 0.1) is 11.7 Å². The average Bonchev–Trinajstić information content (AvgIpc) is 2.38.